The summed E-state index contributed by atoms with van der Waals surface area (Å²) in [6.45, 7) is 6.00. The fraction of sp³-hybridized carbons (Fsp3) is 0.625. The standard InChI is InChI=1S/C16H25N/c1-3-8-16(17-12-7-9-14(17)2)13-15-10-5-4-6-11-15/h4-6,10-11,14,16H,3,7-9,12-13H2,1-2H3. The van der Waals surface area contributed by atoms with Gasteiger partial charge in [0.15, 0.2) is 0 Å². The topological polar surface area (TPSA) is 3.24 Å². The van der Waals surface area contributed by atoms with Crippen LogP contribution in [0.2, 0.25) is 0 Å². The molecule has 1 aromatic rings. The molecular formula is C16H25N. The Bertz CT molecular complexity index is 320. The Hall–Kier alpha value is -0.820. The molecule has 0 spiro atoms. The van der Waals surface area contributed by atoms with Crippen molar-refractivity contribution in [3.8, 4) is 0 Å². The number of rotatable bonds is 5. The molecule has 2 unspecified atom stereocenters. The van der Waals surface area contributed by atoms with E-state index in [-0.39, 0.29) is 0 Å². The predicted molar refractivity (Wildman–Crippen MR) is 74.2 cm³/mol. The summed E-state index contributed by atoms with van der Waals surface area (Å²) in [5, 5.41) is 0. The molecule has 1 aromatic carbocycles. The van der Waals surface area contributed by atoms with E-state index >= 15 is 0 Å². The highest BCUT2D eigenvalue weighted by Gasteiger charge is 2.26. The van der Waals surface area contributed by atoms with Gasteiger partial charge in [0.05, 0.1) is 0 Å². The third-order valence-electron chi connectivity index (χ3n) is 4.01. The average Bonchev–Trinajstić information content (AvgIpc) is 2.76. The second-order valence-corrected chi connectivity index (χ2v) is 5.36. The summed E-state index contributed by atoms with van der Waals surface area (Å²) in [5.41, 5.74) is 1.49. The molecule has 0 saturated carbocycles. The molecule has 1 fully saturated rings. The molecule has 1 heterocycles. The molecule has 0 aromatic heterocycles. The van der Waals surface area contributed by atoms with E-state index in [1.807, 2.05) is 0 Å². The lowest BCUT2D eigenvalue weighted by atomic mass is 10.00. The Kier molecular flexibility index (Phi) is 4.61. The molecule has 17 heavy (non-hydrogen) atoms. The fourth-order valence-corrected chi connectivity index (χ4v) is 3.10. The Morgan fingerprint density at radius 3 is 2.65 bits per heavy atom. The maximum atomic E-state index is 2.73. The molecule has 0 radical (unpaired) electrons. The van der Waals surface area contributed by atoms with Crippen molar-refractivity contribution in [1.29, 1.82) is 0 Å². The van der Waals surface area contributed by atoms with Crippen LogP contribution in [0.5, 0.6) is 0 Å². The lowest BCUT2D eigenvalue weighted by Gasteiger charge is -2.31. The van der Waals surface area contributed by atoms with Crippen molar-refractivity contribution >= 4 is 0 Å². The molecule has 1 aliphatic rings. The normalized spacial score (nSPS) is 22.8. The highest BCUT2D eigenvalue weighted by molar-refractivity contribution is 5.16. The van der Waals surface area contributed by atoms with Crippen molar-refractivity contribution in [2.75, 3.05) is 6.54 Å². The molecule has 1 heteroatoms. The Morgan fingerprint density at radius 1 is 1.29 bits per heavy atom. The van der Waals surface area contributed by atoms with Gasteiger partial charge >= 0.3 is 0 Å². The number of nitrogens with zero attached hydrogens (tertiary/aromatic N) is 1. The van der Waals surface area contributed by atoms with E-state index in [2.05, 4.69) is 49.1 Å². The SMILES string of the molecule is CCCC(Cc1ccccc1)N1CCCC1C. The van der Waals surface area contributed by atoms with E-state index in [4.69, 9.17) is 0 Å². The minimum atomic E-state index is 0.750. The van der Waals surface area contributed by atoms with Crippen LogP contribution in [-0.4, -0.2) is 23.5 Å². The Labute approximate surface area is 106 Å². The summed E-state index contributed by atoms with van der Waals surface area (Å²) < 4.78 is 0. The van der Waals surface area contributed by atoms with E-state index in [1.165, 1.54) is 44.2 Å². The average molecular weight is 231 g/mol. The second-order valence-electron chi connectivity index (χ2n) is 5.36. The highest BCUT2D eigenvalue weighted by Crippen LogP contribution is 2.24. The minimum absolute atomic E-state index is 0.750. The smallest absolute Gasteiger partial charge is 0.0138 e. The third kappa shape index (κ3) is 3.32. The first-order valence-electron chi connectivity index (χ1n) is 7.11. The summed E-state index contributed by atoms with van der Waals surface area (Å²) in [5.74, 6) is 0. The largest absolute Gasteiger partial charge is 0.297 e. The van der Waals surface area contributed by atoms with E-state index in [0.717, 1.165) is 12.1 Å². The molecular weight excluding hydrogens is 206 g/mol. The zero-order valence-corrected chi connectivity index (χ0v) is 11.2. The Balaban J connectivity index is 2.02. The van der Waals surface area contributed by atoms with Crippen LogP contribution in [0.4, 0.5) is 0 Å². The molecule has 0 aliphatic carbocycles. The zero-order chi connectivity index (χ0) is 12.1. The fourth-order valence-electron chi connectivity index (χ4n) is 3.10. The second kappa shape index (κ2) is 6.20. The van der Waals surface area contributed by atoms with Crippen LogP contribution in [0.15, 0.2) is 30.3 Å². The first-order valence-corrected chi connectivity index (χ1v) is 7.11. The van der Waals surface area contributed by atoms with Crippen LogP contribution in [-0.2, 0) is 6.42 Å². The summed E-state index contributed by atoms with van der Waals surface area (Å²) in [6, 6.07) is 12.5. The van der Waals surface area contributed by atoms with Gasteiger partial charge in [0.2, 0.25) is 0 Å². The summed E-state index contributed by atoms with van der Waals surface area (Å²) in [4.78, 5) is 2.73. The first kappa shape index (κ1) is 12.6. The van der Waals surface area contributed by atoms with Crippen molar-refractivity contribution in [2.45, 2.75) is 58.0 Å². The molecule has 0 bridgehead atoms. The van der Waals surface area contributed by atoms with Gasteiger partial charge in [-0.2, -0.15) is 0 Å². The van der Waals surface area contributed by atoms with Crippen LogP contribution < -0.4 is 0 Å². The number of benzene rings is 1. The van der Waals surface area contributed by atoms with Crippen LogP contribution in [0.25, 0.3) is 0 Å². The van der Waals surface area contributed by atoms with Crippen molar-refractivity contribution in [1.82, 2.24) is 4.90 Å². The van der Waals surface area contributed by atoms with Gasteiger partial charge in [0.25, 0.3) is 0 Å². The van der Waals surface area contributed by atoms with Gasteiger partial charge in [0, 0.05) is 12.1 Å². The van der Waals surface area contributed by atoms with Crippen LogP contribution in [0.3, 0.4) is 0 Å². The molecule has 1 nitrogen and oxygen atoms in total. The van der Waals surface area contributed by atoms with Gasteiger partial charge < -0.3 is 0 Å². The first-order chi connectivity index (χ1) is 8.31. The molecule has 0 amide bonds. The Morgan fingerprint density at radius 2 is 2.06 bits per heavy atom. The van der Waals surface area contributed by atoms with Gasteiger partial charge in [-0.25, -0.2) is 0 Å². The maximum absolute atomic E-state index is 2.73. The number of likely N-dealkylation sites (tertiary alicyclic amines) is 1. The molecule has 1 saturated heterocycles. The lowest BCUT2D eigenvalue weighted by molar-refractivity contribution is 0.178. The zero-order valence-electron chi connectivity index (χ0n) is 11.2. The lowest BCUT2D eigenvalue weighted by Crippen LogP contribution is -2.39. The van der Waals surface area contributed by atoms with E-state index < -0.39 is 0 Å². The van der Waals surface area contributed by atoms with Gasteiger partial charge in [-0.15, -0.1) is 0 Å². The molecule has 2 atom stereocenters. The van der Waals surface area contributed by atoms with Crippen LogP contribution in [0, 0.1) is 0 Å². The molecule has 2 rings (SSSR count). The van der Waals surface area contributed by atoms with Gasteiger partial charge in [-0.3, -0.25) is 4.90 Å². The summed E-state index contributed by atoms with van der Waals surface area (Å²) >= 11 is 0. The summed E-state index contributed by atoms with van der Waals surface area (Å²) in [7, 11) is 0. The van der Waals surface area contributed by atoms with E-state index in [0.29, 0.717) is 0 Å². The number of hydrogen-bond acceptors (Lipinski definition) is 1. The van der Waals surface area contributed by atoms with Crippen LogP contribution in [0.1, 0.15) is 45.1 Å². The predicted octanol–water partition coefficient (Wildman–Crippen LogP) is 3.88. The highest BCUT2D eigenvalue weighted by atomic mass is 15.2. The van der Waals surface area contributed by atoms with Gasteiger partial charge in [-0.1, -0.05) is 43.7 Å². The summed E-state index contributed by atoms with van der Waals surface area (Å²) in [6.07, 6.45) is 6.62. The minimum Gasteiger partial charge on any atom is -0.297 e. The molecule has 94 valence electrons. The van der Waals surface area contributed by atoms with Gasteiger partial charge in [-0.05, 0) is 44.7 Å². The third-order valence-corrected chi connectivity index (χ3v) is 4.01. The van der Waals surface area contributed by atoms with E-state index in [9.17, 15) is 0 Å². The van der Waals surface area contributed by atoms with Crippen molar-refractivity contribution < 1.29 is 0 Å². The number of hydrogen-bond donors (Lipinski definition) is 0. The van der Waals surface area contributed by atoms with Gasteiger partial charge in [0.1, 0.15) is 0 Å². The quantitative estimate of drug-likeness (QED) is 0.743. The van der Waals surface area contributed by atoms with E-state index in [1.54, 1.807) is 0 Å². The maximum Gasteiger partial charge on any atom is 0.0138 e. The van der Waals surface area contributed by atoms with Crippen molar-refractivity contribution in [3.63, 3.8) is 0 Å². The van der Waals surface area contributed by atoms with Crippen LogP contribution >= 0.6 is 0 Å². The monoisotopic (exact) mass is 231 g/mol. The van der Waals surface area contributed by atoms with Crippen molar-refractivity contribution in [2.24, 2.45) is 0 Å². The molecule has 1 aliphatic heterocycles. The van der Waals surface area contributed by atoms with Crippen molar-refractivity contribution in [3.05, 3.63) is 35.9 Å². The molecule has 0 N–H and O–H groups in total.